The van der Waals surface area contributed by atoms with Crippen molar-refractivity contribution in [3.63, 3.8) is 0 Å². The van der Waals surface area contributed by atoms with Crippen molar-refractivity contribution < 1.29 is 23.9 Å². The lowest BCUT2D eigenvalue weighted by Gasteiger charge is -2.40. The topological polar surface area (TPSA) is 111 Å². The zero-order valence-corrected chi connectivity index (χ0v) is 19.4. The molecule has 32 heavy (non-hydrogen) atoms. The molecular formula is C22H32N4O5S. The van der Waals surface area contributed by atoms with E-state index < -0.39 is 11.2 Å². The van der Waals surface area contributed by atoms with Gasteiger partial charge in [0.2, 0.25) is 10.8 Å². The number of anilines is 2. The molecule has 1 aromatic rings. The van der Waals surface area contributed by atoms with E-state index >= 15 is 0 Å². The molecule has 2 saturated heterocycles. The number of hydrogen-bond acceptors (Lipinski definition) is 9. The molecule has 0 bridgehead atoms. The van der Waals surface area contributed by atoms with Crippen molar-refractivity contribution in [3.05, 3.63) is 5.69 Å². The van der Waals surface area contributed by atoms with Crippen molar-refractivity contribution in [2.75, 3.05) is 48.9 Å². The second kappa shape index (κ2) is 9.32. The standard InChI is InChI=1S/C22H32N4O5S/c1-25(15-6-9-30-10-7-15)20-19-18(8-11-32(19)29)23-22(24-20)26-12-17(13-26)31-21(28)14-2-4-16(27)5-3-14/h14-17,27H,2-13H2,1H3/t14-,16-,32?. The molecule has 3 aliphatic heterocycles. The van der Waals surface area contributed by atoms with E-state index in [1.165, 1.54) is 0 Å². The van der Waals surface area contributed by atoms with Gasteiger partial charge in [-0.3, -0.25) is 4.79 Å². The van der Waals surface area contributed by atoms with E-state index in [1.54, 1.807) is 0 Å². The van der Waals surface area contributed by atoms with Crippen LogP contribution < -0.4 is 9.80 Å². The minimum Gasteiger partial charge on any atom is -0.611 e. The van der Waals surface area contributed by atoms with E-state index in [9.17, 15) is 14.5 Å². The first-order valence-corrected chi connectivity index (χ1v) is 13.0. The number of esters is 1. The molecule has 1 atom stereocenters. The number of nitrogens with zero attached hydrogens (tertiary/aromatic N) is 4. The van der Waals surface area contributed by atoms with Gasteiger partial charge < -0.3 is 28.9 Å². The molecule has 0 spiro atoms. The second-order valence-corrected chi connectivity index (χ2v) is 10.9. The van der Waals surface area contributed by atoms with Crippen LogP contribution in [0.15, 0.2) is 4.90 Å². The lowest BCUT2D eigenvalue weighted by molar-refractivity contribution is -0.157. The van der Waals surface area contributed by atoms with E-state index in [-0.39, 0.29) is 24.1 Å². The van der Waals surface area contributed by atoms with Crippen LogP contribution in [-0.2, 0) is 31.9 Å². The van der Waals surface area contributed by atoms with E-state index in [0.717, 1.165) is 42.5 Å². The van der Waals surface area contributed by atoms with Gasteiger partial charge in [0.25, 0.3) is 0 Å². The first-order chi connectivity index (χ1) is 15.5. The summed E-state index contributed by atoms with van der Waals surface area (Å²) in [6.45, 7) is 2.61. The summed E-state index contributed by atoms with van der Waals surface area (Å²) in [5.41, 5.74) is 0.878. The fourth-order valence-electron chi connectivity index (χ4n) is 5.04. The predicted octanol–water partition coefficient (Wildman–Crippen LogP) is 1.04. The highest BCUT2D eigenvalue weighted by Crippen LogP contribution is 2.36. The van der Waals surface area contributed by atoms with Gasteiger partial charge in [0.05, 0.1) is 25.1 Å². The number of hydrogen-bond donors (Lipinski definition) is 1. The molecule has 1 aromatic heterocycles. The summed E-state index contributed by atoms with van der Waals surface area (Å²) in [5, 5.41) is 9.63. The van der Waals surface area contributed by atoms with Gasteiger partial charge in [0.15, 0.2) is 5.82 Å². The van der Waals surface area contributed by atoms with Gasteiger partial charge in [-0.15, -0.1) is 0 Å². The number of carbonyl (C=O) groups excluding carboxylic acids is 1. The van der Waals surface area contributed by atoms with Crippen LogP contribution in [-0.4, -0.2) is 83.0 Å². The maximum Gasteiger partial charge on any atom is 0.309 e. The van der Waals surface area contributed by atoms with E-state index in [4.69, 9.17) is 19.4 Å². The highest BCUT2D eigenvalue weighted by molar-refractivity contribution is 7.91. The lowest BCUT2D eigenvalue weighted by Crippen LogP contribution is -2.54. The van der Waals surface area contributed by atoms with Gasteiger partial charge in [0, 0.05) is 32.7 Å². The number of aliphatic hydroxyl groups excluding tert-OH is 1. The summed E-state index contributed by atoms with van der Waals surface area (Å²) in [5.74, 6) is 1.75. The van der Waals surface area contributed by atoms with Gasteiger partial charge in [-0.05, 0) is 49.7 Å². The Morgan fingerprint density at radius 1 is 1.19 bits per heavy atom. The Morgan fingerprint density at radius 3 is 2.62 bits per heavy atom. The smallest absolute Gasteiger partial charge is 0.309 e. The molecule has 0 radical (unpaired) electrons. The Kier molecular flexibility index (Phi) is 6.46. The highest BCUT2D eigenvalue weighted by atomic mass is 32.2. The van der Waals surface area contributed by atoms with Crippen molar-refractivity contribution in [3.8, 4) is 0 Å². The predicted molar refractivity (Wildman–Crippen MR) is 119 cm³/mol. The first-order valence-electron chi connectivity index (χ1n) is 11.7. The van der Waals surface area contributed by atoms with Crippen LogP contribution in [0.1, 0.15) is 44.2 Å². The Hall–Kier alpha value is -1.62. The van der Waals surface area contributed by atoms with Crippen molar-refractivity contribution in [2.45, 2.75) is 68.1 Å². The molecule has 4 aliphatic rings. The molecule has 10 heteroatoms. The van der Waals surface area contributed by atoms with Gasteiger partial charge in [0.1, 0.15) is 17.6 Å². The summed E-state index contributed by atoms with van der Waals surface area (Å²) in [6.07, 6.45) is 4.86. The fraction of sp³-hybridized carbons (Fsp3) is 0.773. The molecule has 176 valence electrons. The number of fused-ring (bicyclic) bond motifs is 1. The summed E-state index contributed by atoms with van der Waals surface area (Å²) in [7, 11) is 2.03. The van der Waals surface area contributed by atoms with Crippen LogP contribution in [0.25, 0.3) is 0 Å². The molecule has 1 aliphatic carbocycles. The maximum absolute atomic E-state index is 12.7. The normalized spacial score (nSPS) is 28.8. The summed E-state index contributed by atoms with van der Waals surface area (Å²) >= 11 is -1.06. The first kappa shape index (κ1) is 22.2. The van der Waals surface area contributed by atoms with Gasteiger partial charge in [-0.1, -0.05) is 0 Å². The quantitative estimate of drug-likeness (QED) is 0.505. The molecule has 1 saturated carbocycles. The minimum atomic E-state index is -1.06. The summed E-state index contributed by atoms with van der Waals surface area (Å²) in [6, 6.07) is 0.312. The third-order valence-electron chi connectivity index (χ3n) is 7.17. The van der Waals surface area contributed by atoms with E-state index in [2.05, 4.69) is 4.90 Å². The average Bonchev–Trinajstić information content (AvgIpc) is 3.16. The number of aliphatic hydroxyl groups is 1. The van der Waals surface area contributed by atoms with Crippen LogP contribution in [0, 0.1) is 5.92 Å². The van der Waals surface area contributed by atoms with Crippen LogP contribution in [0.2, 0.25) is 0 Å². The van der Waals surface area contributed by atoms with Crippen LogP contribution in [0.3, 0.4) is 0 Å². The van der Waals surface area contributed by atoms with Crippen molar-refractivity contribution in [1.82, 2.24) is 9.97 Å². The van der Waals surface area contributed by atoms with Gasteiger partial charge in [-0.25, -0.2) is 4.98 Å². The molecule has 4 heterocycles. The lowest BCUT2D eigenvalue weighted by atomic mass is 9.87. The maximum atomic E-state index is 12.7. The van der Waals surface area contributed by atoms with Crippen LogP contribution >= 0.6 is 0 Å². The van der Waals surface area contributed by atoms with Crippen molar-refractivity contribution in [1.29, 1.82) is 0 Å². The average molecular weight is 465 g/mol. The molecule has 3 fully saturated rings. The third-order valence-corrected chi connectivity index (χ3v) is 8.62. The number of aryl methyl sites for hydroxylation is 1. The SMILES string of the molecule is CN(c1nc(N2CC(OC(=O)[C@H]3CC[C@H](O)CC3)C2)nc2c1[S+]([O-])CC2)C1CCOCC1. The van der Waals surface area contributed by atoms with Gasteiger partial charge in [-0.2, -0.15) is 4.98 Å². The molecule has 1 unspecified atom stereocenters. The number of carbonyl (C=O) groups is 1. The van der Waals surface area contributed by atoms with Crippen LogP contribution in [0.5, 0.6) is 0 Å². The Balaban J connectivity index is 1.25. The van der Waals surface area contributed by atoms with Crippen LogP contribution in [0.4, 0.5) is 11.8 Å². The number of ether oxygens (including phenoxy) is 2. The van der Waals surface area contributed by atoms with Crippen molar-refractivity contribution in [2.24, 2.45) is 5.92 Å². The van der Waals surface area contributed by atoms with Gasteiger partial charge >= 0.3 is 5.97 Å². The monoisotopic (exact) mass is 464 g/mol. The number of aromatic nitrogens is 2. The molecule has 0 amide bonds. The Bertz CT molecular complexity index is 838. The minimum absolute atomic E-state index is 0.0987. The Labute approximate surface area is 191 Å². The zero-order chi connectivity index (χ0) is 22.2. The molecule has 9 nitrogen and oxygen atoms in total. The summed E-state index contributed by atoms with van der Waals surface area (Å²) < 4.78 is 23.9. The Morgan fingerprint density at radius 2 is 1.91 bits per heavy atom. The van der Waals surface area contributed by atoms with E-state index in [1.807, 2.05) is 11.9 Å². The molecule has 0 aromatic carbocycles. The highest BCUT2D eigenvalue weighted by Gasteiger charge is 2.39. The largest absolute Gasteiger partial charge is 0.611 e. The third kappa shape index (κ3) is 4.42. The van der Waals surface area contributed by atoms with Crippen molar-refractivity contribution >= 4 is 28.9 Å². The summed E-state index contributed by atoms with van der Waals surface area (Å²) in [4.78, 5) is 27.0. The second-order valence-electron chi connectivity index (χ2n) is 9.35. The molecular weight excluding hydrogens is 432 g/mol. The fourth-order valence-corrected chi connectivity index (χ4v) is 6.43. The molecule has 5 rings (SSSR count). The zero-order valence-electron chi connectivity index (χ0n) is 18.6. The van der Waals surface area contributed by atoms with E-state index in [0.29, 0.717) is 62.9 Å². The number of rotatable bonds is 5. The molecule has 1 N–H and O–H groups in total.